The molecular formula is C21H39N2O5P. The SMILES string of the molecule is CCCCCCCCc1nnc(CC(C(=O)OC(C)(C)C)P(OCC)OCC)o1. The van der Waals surface area contributed by atoms with E-state index in [1.54, 1.807) is 0 Å². The first kappa shape index (κ1) is 26.0. The highest BCUT2D eigenvalue weighted by Gasteiger charge is 2.36. The Morgan fingerprint density at radius 3 is 2.14 bits per heavy atom. The maximum atomic E-state index is 12.8. The average molecular weight is 431 g/mol. The van der Waals surface area contributed by atoms with Crippen LogP contribution in [0.25, 0.3) is 0 Å². The molecule has 0 N–H and O–H groups in total. The van der Waals surface area contributed by atoms with Crippen molar-refractivity contribution in [3.05, 3.63) is 11.8 Å². The van der Waals surface area contributed by atoms with Crippen LogP contribution in [0.3, 0.4) is 0 Å². The third kappa shape index (κ3) is 11.1. The monoisotopic (exact) mass is 430 g/mol. The van der Waals surface area contributed by atoms with Crippen LogP contribution in [0.15, 0.2) is 4.42 Å². The molecule has 1 rings (SSSR count). The fraction of sp³-hybridized carbons (Fsp3) is 0.857. The molecule has 1 atom stereocenters. The summed E-state index contributed by atoms with van der Waals surface area (Å²) in [7, 11) is -1.45. The molecule has 0 aliphatic carbocycles. The summed E-state index contributed by atoms with van der Waals surface area (Å²) in [4.78, 5) is 12.8. The van der Waals surface area contributed by atoms with Gasteiger partial charge in [0, 0.05) is 12.8 Å². The van der Waals surface area contributed by atoms with Crippen molar-refractivity contribution in [3.63, 3.8) is 0 Å². The van der Waals surface area contributed by atoms with Gasteiger partial charge in [-0.05, 0) is 41.0 Å². The maximum Gasteiger partial charge on any atom is 0.319 e. The molecule has 7 nitrogen and oxygen atoms in total. The lowest BCUT2D eigenvalue weighted by atomic mass is 10.1. The van der Waals surface area contributed by atoms with Gasteiger partial charge in [0.15, 0.2) is 8.38 Å². The molecule has 0 fully saturated rings. The molecule has 1 heterocycles. The minimum absolute atomic E-state index is 0.254. The molecule has 1 unspecified atom stereocenters. The fourth-order valence-corrected chi connectivity index (χ4v) is 4.25. The second-order valence-corrected chi connectivity index (χ2v) is 9.69. The van der Waals surface area contributed by atoms with E-state index < -0.39 is 19.6 Å². The number of carbonyl (C=O) groups is 1. The molecular weight excluding hydrogens is 391 g/mol. The molecule has 1 aromatic heterocycles. The summed E-state index contributed by atoms with van der Waals surface area (Å²) in [5.74, 6) is 0.686. The zero-order chi connectivity index (χ0) is 21.7. The van der Waals surface area contributed by atoms with E-state index in [9.17, 15) is 4.79 Å². The van der Waals surface area contributed by atoms with Gasteiger partial charge in [0.2, 0.25) is 11.8 Å². The minimum atomic E-state index is -1.45. The number of aryl methyl sites for hydroxylation is 1. The van der Waals surface area contributed by atoms with Gasteiger partial charge in [-0.1, -0.05) is 39.0 Å². The molecule has 0 spiro atoms. The molecule has 0 radical (unpaired) electrons. The van der Waals surface area contributed by atoms with Crippen LogP contribution in [0.1, 0.15) is 91.8 Å². The molecule has 0 bridgehead atoms. The van der Waals surface area contributed by atoms with Crippen LogP contribution in [-0.2, 0) is 31.4 Å². The molecule has 29 heavy (non-hydrogen) atoms. The quantitative estimate of drug-likeness (QED) is 0.203. The zero-order valence-corrected chi connectivity index (χ0v) is 19.9. The number of unbranched alkanes of at least 4 members (excludes halogenated alkanes) is 5. The summed E-state index contributed by atoms with van der Waals surface area (Å²) in [6.45, 7) is 12.4. The summed E-state index contributed by atoms with van der Waals surface area (Å²) in [6, 6.07) is 0. The van der Waals surface area contributed by atoms with Crippen molar-refractivity contribution in [2.24, 2.45) is 0 Å². The van der Waals surface area contributed by atoms with E-state index in [4.69, 9.17) is 18.2 Å². The van der Waals surface area contributed by atoms with Crippen LogP contribution in [0.2, 0.25) is 0 Å². The van der Waals surface area contributed by atoms with Crippen LogP contribution < -0.4 is 0 Å². The Kier molecular flexibility index (Phi) is 12.6. The van der Waals surface area contributed by atoms with Gasteiger partial charge in [0.1, 0.15) is 11.3 Å². The smallest absolute Gasteiger partial charge is 0.319 e. The first-order valence-electron chi connectivity index (χ1n) is 10.9. The zero-order valence-electron chi connectivity index (χ0n) is 19.0. The summed E-state index contributed by atoms with van der Waals surface area (Å²) in [5.41, 5.74) is -1.20. The lowest BCUT2D eigenvalue weighted by Gasteiger charge is -2.27. The first-order chi connectivity index (χ1) is 13.8. The molecule has 0 aromatic carbocycles. The summed E-state index contributed by atoms with van der Waals surface area (Å²) < 4.78 is 22.8. The standard InChI is InChI=1S/C21H39N2O5P/c1-7-10-11-12-13-14-15-18-22-23-19(27-18)16-17(20(24)28-21(4,5)6)29(25-8-2)26-9-3/h17H,7-16H2,1-6H3. The second-order valence-electron chi connectivity index (χ2n) is 7.98. The number of hydrogen-bond donors (Lipinski definition) is 0. The molecule has 0 amide bonds. The average Bonchev–Trinajstić information content (AvgIpc) is 3.08. The Morgan fingerprint density at radius 1 is 0.966 bits per heavy atom. The summed E-state index contributed by atoms with van der Waals surface area (Å²) in [6.07, 6.45) is 8.27. The van der Waals surface area contributed by atoms with Crippen LogP contribution in [0.5, 0.6) is 0 Å². The van der Waals surface area contributed by atoms with Gasteiger partial charge in [-0.25, -0.2) is 0 Å². The van der Waals surface area contributed by atoms with Crippen LogP contribution in [0, 0.1) is 0 Å². The first-order valence-corrected chi connectivity index (χ1v) is 12.1. The van der Waals surface area contributed by atoms with Gasteiger partial charge in [0.25, 0.3) is 0 Å². The van der Waals surface area contributed by atoms with Crippen molar-refractivity contribution in [1.29, 1.82) is 0 Å². The van der Waals surface area contributed by atoms with Crippen molar-refractivity contribution in [1.82, 2.24) is 10.2 Å². The van der Waals surface area contributed by atoms with Crippen molar-refractivity contribution < 1.29 is 23.0 Å². The lowest BCUT2D eigenvalue weighted by molar-refractivity contribution is -0.154. The summed E-state index contributed by atoms with van der Waals surface area (Å²) in [5, 5.41) is 8.29. The Bertz CT molecular complexity index is 568. The number of carbonyl (C=O) groups excluding carboxylic acids is 1. The highest BCUT2D eigenvalue weighted by molar-refractivity contribution is 7.49. The highest BCUT2D eigenvalue weighted by Crippen LogP contribution is 2.46. The molecule has 1 aromatic rings. The van der Waals surface area contributed by atoms with Gasteiger partial charge in [-0.2, -0.15) is 0 Å². The van der Waals surface area contributed by atoms with Crippen molar-refractivity contribution in [2.45, 2.75) is 104 Å². The Hall–Kier alpha value is -1.04. The van der Waals surface area contributed by atoms with E-state index in [1.165, 1.54) is 25.7 Å². The number of rotatable bonds is 15. The summed E-state index contributed by atoms with van der Waals surface area (Å²) >= 11 is 0. The second kappa shape index (κ2) is 14.1. The molecule has 168 valence electrons. The number of esters is 1. The van der Waals surface area contributed by atoms with E-state index in [0.29, 0.717) is 25.0 Å². The molecule has 0 saturated heterocycles. The topological polar surface area (TPSA) is 83.7 Å². The fourth-order valence-electron chi connectivity index (χ4n) is 2.78. The van der Waals surface area contributed by atoms with E-state index in [0.717, 1.165) is 19.3 Å². The normalized spacial score (nSPS) is 13.1. The van der Waals surface area contributed by atoms with Crippen molar-refractivity contribution in [3.8, 4) is 0 Å². The van der Waals surface area contributed by atoms with E-state index in [1.807, 2.05) is 34.6 Å². The number of ether oxygens (including phenoxy) is 1. The lowest BCUT2D eigenvalue weighted by Crippen LogP contribution is -2.33. The van der Waals surface area contributed by atoms with Crippen LogP contribution in [0.4, 0.5) is 0 Å². The minimum Gasteiger partial charge on any atom is -0.459 e. The van der Waals surface area contributed by atoms with E-state index >= 15 is 0 Å². The molecule has 0 aliphatic rings. The molecule has 0 aliphatic heterocycles. The maximum absolute atomic E-state index is 12.8. The highest BCUT2D eigenvalue weighted by atomic mass is 31.2. The molecule has 0 saturated carbocycles. The predicted octanol–water partition coefficient (Wildman–Crippen LogP) is 5.61. The Balaban J connectivity index is 2.72. The largest absolute Gasteiger partial charge is 0.459 e. The molecule has 8 heteroatoms. The number of aromatic nitrogens is 2. The van der Waals surface area contributed by atoms with Crippen molar-refractivity contribution >= 4 is 14.3 Å². The van der Waals surface area contributed by atoms with Gasteiger partial charge in [-0.15, -0.1) is 10.2 Å². The third-order valence-electron chi connectivity index (χ3n) is 4.07. The van der Waals surface area contributed by atoms with Crippen LogP contribution in [-0.4, -0.2) is 40.6 Å². The Labute approximate surface area is 177 Å². The van der Waals surface area contributed by atoms with E-state index in [-0.39, 0.29) is 12.4 Å². The van der Waals surface area contributed by atoms with Gasteiger partial charge in [-0.3, -0.25) is 4.79 Å². The van der Waals surface area contributed by atoms with Crippen molar-refractivity contribution in [2.75, 3.05) is 13.2 Å². The van der Waals surface area contributed by atoms with E-state index in [2.05, 4.69) is 17.1 Å². The van der Waals surface area contributed by atoms with Gasteiger partial charge in [0.05, 0.1) is 13.2 Å². The third-order valence-corrected chi connectivity index (χ3v) is 5.99. The number of hydrogen-bond acceptors (Lipinski definition) is 7. The predicted molar refractivity (Wildman–Crippen MR) is 115 cm³/mol. The van der Waals surface area contributed by atoms with Gasteiger partial charge >= 0.3 is 5.97 Å². The van der Waals surface area contributed by atoms with Gasteiger partial charge < -0.3 is 18.2 Å². The number of nitrogens with zero attached hydrogens (tertiary/aromatic N) is 2. The van der Waals surface area contributed by atoms with Crippen LogP contribution >= 0.6 is 8.38 Å². The Morgan fingerprint density at radius 2 is 1.55 bits per heavy atom.